The van der Waals surface area contributed by atoms with Gasteiger partial charge in [-0.2, -0.15) is 0 Å². The zero-order valence-corrected chi connectivity index (χ0v) is 12.9. The highest BCUT2D eigenvalue weighted by atomic mass is 79.9. The first-order chi connectivity index (χ1) is 8.38. The topological polar surface area (TPSA) is 72.5 Å². The molecule has 2 atom stereocenters. The molecule has 0 aliphatic heterocycles. The molecule has 19 heavy (non-hydrogen) atoms. The van der Waals surface area contributed by atoms with Crippen LogP contribution in [0.4, 0.5) is 4.39 Å². The number of phenolic OH excluding ortho intramolecular Hbond substituents is 1. The van der Waals surface area contributed by atoms with E-state index in [1.165, 1.54) is 6.07 Å². The molecule has 1 unspecified atom stereocenters. The van der Waals surface area contributed by atoms with Gasteiger partial charge in [0.05, 0.1) is 12.6 Å². The second kappa shape index (κ2) is 7.67. The smallest absolute Gasteiger partial charge is 0.342 e. The van der Waals surface area contributed by atoms with Crippen LogP contribution in [-0.4, -0.2) is 23.9 Å². The molecule has 3 N–H and O–H groups in total. The van der Waals surface area contributed by atoms with Crippen molar-refractivity contribution in [1.82, 2.24) is 0 Å². The van der Waals surface area contributed by atoms with E-state index in [1.54, 1.807) is 19.9 Å². The molecule has 0 saturated heterocycles. The third-order valence-corrected chi connectivity index (χ3v) is 2.94. The van der Waals surface area contributed by atoms with Gasteiger partial charge in [0.15, 0.2) is 0 Å². The van der Waals surface area contributed by atoms with Crippen LogP contribution in [0.3, 0.4) is 0 Å². The van der Waals surface area contributed by atoms with Crippen molar-refractivity contribution in [1.29, 1.82) is 0 Å². The normalized spacial score (nSPS) is 13.3. The molecule has 0 spiro atoms. The maximum atomic E-state index is 13.8. The Hall–Kier alpha value is -0.850. The Labute approximate surface area is 125 Å². The number of aryl methyl sites for hydroxylation is 1. The summed E-state index contributed by atoms with van der Waals surface area (Å²) >= 11 is 3.23. The first-order valence-corrected chi connectivity index (χ1v) is 6.23. The van der Waals surface area contributed by atoms with Crippen molar-refractivity contribution in [2.45, 2.75) is 26.1 Å². The molecule has 4 nitrogen and oxygen atoms in total. The van der Waals surface area contributed by atoms with Gasteiger partial charge in [0.1, 0.15) is 5.75 Å². The van der Waals surface area contributed by atoms with Crippen LogP contribution in [-0.2, 0) is 9.53 Å². The van der Waals surface area contributed by atoms with E-state index in [2.05, 4.69) is 20.7 Å². The number of benzene rings is 1. The number of aromatic hydroxyl groups is 1. The number of ether oxygens (including phenoxy) is 1. The third kappa shape index (κ3) is 4.33. The number of carbonyl (C=O) groups is 1. The van der Waals surface area contributed by atoms with Crippen molar-refractivity contribution < 1.29 is 19.0 Å². The minimum absolute atomic E-state index is 0. The van der Waals surface area contributed by atoms with Gasteiger partial charge in [0, 0.05) is 10.0 Å². The van der Waals surface area contributed by atoms with Crippen molar-refractivity contribution in [2.24, 2.45) is 5.73 Å². The number of rotatable bonds is 4. The van der Waals surface area contributed by atoms with Crippen molar-refractivity contribution in [3.63, 3.8) is 0 Å². The summed E-state index contributed by atoms with van der Waals surface area (Å²) in [5.74, 6) is -1.14. The summed E-state index contributed by atoms with van der Waals surface area (Å²) in [6.07, 6.45) is -2.01. The third-order valence-electron chi connectivity index (χ3n) is 2.48. The maximum Gasteiger partial charge on any atom is 0.342 e. The number of alkyl halides is 1. The van der Waals surface area contributed by atoms with Gasteiger partial charge in [-0.15, -0.1) is 12.4 Å². The Kier molecular flexibility index (Phi) is 7.33. The minimum Gasteiger partial charge on any atom is -0.507 e. The molecule has 0 aliphatic carbocycles. The van der Waals surface area contributed by atoms with Crippen molar-refractivity contribution >= 4 is 34.3 Å². The minimum atomic E-state index is -2.01. The lowest BCUT2D eigenvalue weighted by Gasteiger charge is -2.18. The lowest BCUT2D eigenvalue weighted by Crippen LogP contribution is -2.31. The van der Waals surface area contributed by atoms with Gasteiger partial charge < -0.3 is 15.6 Å². The second-order valence-electron chi connectivity index (χ2n) is 3.84. The quantitative estimate of drug-likeness (QED) is 0.814. The molecule has 0 aromatic heterocycles. The summed E-state index contributed by atoms with van der Waals surface area (Å²) < 4.78 is 19.0. The van der Waals surface area contributed by atoms with Gasteiger partial charge in [0.25, 0.3) is 0 Å². The van der Waals surface area contributed by atoms with Crippen molar-refractivity contribution in [3.05, 3.63) is 27.7 Å². The highest BCUT2D eigenvalue weighted by molar-refractivity contribution is 9.10. The van der Waals surface area contributed by atoms with Crippen LogP contribution in [0, 0.1) is 6.92 Å². The molecule has 0 radical (unpaired) electrons. The standard InChI is InChI=1S/C12H15BrFNO3.ClH/c1-3-18-12(17)9(14)10(15)8-5-7(13)4-6(2)11(8)16;/h4-5,9-10,16H,3,15H2,1-2H3;1H/t9?,10-;/m1./s1. The summed E-state index contributed by atoms with van der Waals surface area (Å²) in [5.41, 5.74) is 6.37. The van der Waals surface area contributed by atoms with E-state index >= 15 is 0 Å². The number of halogens is 3. The lowest BCUT2D eigenvalue weighted by molar-refractivity contribution is -0.149. The van der Waals surface area contributed by atoms with Gasteiger partial charge in [-0.3, -0.25) is 0 Å². The van der Waals surface area contributed by atoms with E-state index in [4.69, 9.17) is 5.73 Å². The molecule has 0 bridgehead atoms. The van der Waals surface area contributed by atoms with Crippen LogP contribution in [0.25, 0.3) is 0 Å². The second-order valence-corrected chi connectivity index (χ2v) is 4.76. The molecule has 0 aliphatic rings. The molecular formula is C12H16BrClFNO3. The van der Waals surface area contributed by atoms with Gasteiger partial charge in [-0.1, -0.05) is 15.9 Å². The van der Waals surface area contributed by atoms with E-state index in [9.17, 15) is 14.3 Å². The summed E-state index contributed by atoms with van der Waals surface area (Å²) in [6.45, 7) is 3.32. The molecule has 0 fully saturated rings. The average molecular weight is 357 g/mol. The summed E-state index contributed by atoms with van der Waals surface area (Å²) in [6, 6.07) is 1.89. The number of hydrogen-bond acceptors (Lipinski definition) is 4. The van der Waals surface area contributed by atoms with Crippen LogP contribution in [0.5, 0.6) is 5.75 Å². The van der Waals surface area contributed by atoms with Crippen LogP contribution in [0.1, 0.15) is 24.1 Å². The predicted octanol–water partition coefficient (Wildman–Crippen LogP) is 2.79. The Morgan fingerprint density at radius 2 is 2.16 bits per heavy atom. The first kappa shape index (κ1) is 18.1. The number of nitrogens with two attached hydrogens (primary N) is 1. The molecule has 0 saturated carbocycles. The Balaban J connectivity index is 0.00000324. The van der Waals surface area contributed by atoms with Crippen LogP contribution in [0.15, 0.2) is 16.6 Å². The zero-order chi connectivity index (χ0) is 13.9. The van der Waals surface area contributed by atoms with Gasteiger partial charge >= 0.3 is 5.97 Å². The summed E-state index contributed by atoms with van der Waals surface area (Å²) in [4.78, 5) is 11.3. The van der Waals surface area contributed by atoms with Crippen LogP contribution < -0.4 is 5.73 Å². The molecule has 0 heterocycles. The number of hydrogen-bond donors (Lipinski definition) is 2. The molecular weight excluding hydrogens is 340 g/mol. The molecule has 7 heteroatoms. The predicted molar refractivity (Wildman–Crippen MR) is 76.2 cm³/mol. The van der Waals surface area contributed by atoms with Gasteiger partial charge in [-0.05, 0) is 31.5 Å². The zero-order valence-electron chi connectivity index (χ0n) is 10.5. The van der Waals surface area contributed by atoms with E-state index in [0.29, 0.717) is 10.0 Å². The monoisotopic (exact) mass is 355 g/mol. The summed E-state index contributed by atoms with van der Waals surface area (Å²) in [7, 11) is 0. The molecule has 1 rings (SSSR count). The van der Waals surface area contributed by atoms with Crippen LogP contribution in [0.2, 0.25) is 0 Å². The SMILES string of the molecule is CCOC(=O)C(F)[C@H](N)c1cc(Br)cc(C)c1O.Cl. The molecule has 1 aromatic carbocycles. The van der Waals surface area contributed by atoms with Crippen LogP contribution >= 0.6 is 28.3 Å². The maximum absolute atomic E-state index is 13.8. The Morgan fingerprint density at radius 3 is 2.68 bits per heavy atom. The van der Waals surface area contributed by atoms with Gasteiger partial charge in [-0.25, -0.2) is 9.18 Å². The van der Waals surface area contributed by atoms with E-state index in [1.807, 2.05) is 0 Å². The fraction of sp³-hybridized carbons (Fsp3) is 0.417. The molecule has 108 valence electrons. The number of phenols is 1. The van der Waals surface area contributed by atoms with E-state index in [0.717, 1.165) is 0 Å². The summed E-state index contributed by atoms with van der Waals surface area (Å²) in [5, 5.41) is 9.83. The molecule has 0 amide bonds. The van der Waals surface area contributed by atoms with Crippen molar-refractivity contribution in [2.75, 3.05) is 6.61 Å². The average Bonchev–Trinajstić information content (AvgIpc) is 2.32. The fourth-order valence-electron chi connectivity index (χ4n) is 1.54. The highest BCUT2D eigenvalue weighted by Gasteiger charge is 2.30. The number of carbonyl (C=O) groups excluding carboxylic acids is 1. The number of esters is 1. The van der Waals surface area contributed by atoms with Crippen molar-refractivity contribution in [3.8, 4) is 5.75 Å². The molecule has 1 aromatic rings. The first-order valence-electron chi connectivity index (χ1n) is 5.43. The van der Waals surface area contributed by atoms with E-state index < -0.39 is 18.2 Å². The Bertz CT molecular complexity index is 459. The highest BCUT2D eigenvalue weighted by Crippen LogP contribution is 2.32. The van der Waals surface area contributed by atoms with Gasteiger partial charge in [0.2, 0.25) is 6.17 Å². The Morgan fingerprint density at radius 1 is 1.58 bits per heavy atom. The fourth-order valence-corrected chi connectivity index (χ4v) is 2.13. The largest absolute Gasteiger partial charge is 0.507 e. The lowest BCUT2D eigenvalue weighted by atomic mass is 10.00. The van der Waals surface area contributed by atoms with E-state index in [-0.39, 0.29) is 30.3 Å².